The van der Waals surface area contributed by atoms with Crippen molar-refractivity contribution < 1.29 is 4.42 Å². The Morgan fingerprint density at radius 3 is 3.00 bits per heavy atom. The zero-order valence-corrected chi connectivity index (χ0v) is 10.6. The van der Waals surface area contributed by atoms with Crippen molar-refractivity contribution in [1.82, 2.24) is 10.2 Å². The molecule has 84 valence electrons. The molecule has 3 nitrogen and oxygen atoms in total. The summed E-state index contributed by atoms with van der Waals surface area (Å²) in [5.41, 5.74) is 0. The van der Waals surface area contributed by atoms with Gasteiger partial charge in [-0.15, -0.1) is 0 Å². The average molecular weight is 273 g/mol. The van der Waals surface area contributed by atoms with Gasteiger partial charge in [-0.25, -0.2) is 0 Å². The van der Waals surface area contributed by atoms with Crippen molar-refractivity contribution in [3.8, 4) is 0 Å². The van der Waals surface area contributed by atoms with Crippen LogP contribution in [0.25, 0.3) is 0 Å². The lowest BCUT2D eigenvalue weighted by Gasteiger charge is -2.25. The van der Waals surface area contributed by atoms with Crippen molar-refractivity contribution >= 4 is 15.9 Å². The van der Waals surface area contributed by atoms with Crippen molar-refractivity contribution in [3.63, 3.8) is 0 Å². The third kappa shape index (κ3) is 2.83. The molecule has 2 rings (SSSR count). The lowest BCUT2D eigenvalue weighted by Crippen LogP contribution is -2.36. The fourth-order valence-electron chi connectivity index (χ4n) is 2.09. The number of furan rings is 1. The second-order valence-electron chi connectivity index (χ2n) is 3.92. The van der Waals surface area contributed by atoms with E-state index in [1.807, 2.05) is 12.1 Å². The van der Waals surface area contributed by atoms with Crippen molar-refractivity contribution in [2.45, 2.75) is 25.9 Å². The predicted octanol–water partition coefficient (Wildman–Crippen LogP) is 2.23. The van der Waals surface area contributed by atoms with Gasteiger partial charge < -0.3 is 9.73 Å². The topological polar surface area (TPSA) is 28.4 Å². The van der Waals surface area contributed by atoms with Crippen LogP contribution in [0.5, 0.6) is 0 Å². The molecule has 4 heteroatoms. The lowest BCUT2D eigenvalue weighted by atomic mass is 10.2. The van der Waals surface area contributed by atoms with Gasteiger partial charge in [-0.1, -0.05) is 6.92 Å². The first-order chi connectivity index (χ1) is 7.29. The molecule has 1 saturated heterocycles. The molecule has 1 unspecified atom stereocenters. The molecule has 0 radical (unpaired) electrons. The zero-order valence-electron chi connectivity index (χ0n) is 9.00. The fraction of sp³-hybridized carbons (Fsp3) is 0.636. The van der Waals surface area contributed by atoms with Crippen LogP contribution >= 0.6 is 15.9 Å². The largest absolute Gasteiger partial charge is 0.453 e. The minimum Gasteiger partial charge on any atom is -0.453 e. The fourth-order valence-corrected chi connectivity index (χ4v) is 2.43. The summed E-state index contributed by atoms with van der Waals surface area (Å²) in [5.74, 6) is 1.04. The number of halogens is 1. The number of hydrogen-bond donors (Lipinski definition) is 1. The second kappa shape index (κ2) is 5.14. The van der Waals surface area contributed by atoms with Gasteiger partial charge in [0.05, 0.1) is 6.54 Å². The summed E-state index contributed by atoms with van der Waals surface area (Å²) >= 11 is 3.33. The van der Waals surface area contributed by atoms with Gasteiger partial charge in [0.25, 0.3) is 0 Å². The molecule has 1 aliphatic rings. The van der Waals surface area contributed by atoms with E-state index >= 15 is 0 Å². The highest BCUT2D eigenvalue weighted by molar-refractivity contribution is 9.10. The maximum absolute atomic E-state index is 5.53. The quantitative estimate of drug-likeness (QED) is 0.911. The minimum absolute atomic E-state index is 0.666. The zero-order chi connectivity index (χ0) is 10.7. The average Bonchev–Trinajstić information content (AvgIpc) is 2.85. The van der Waals surface area contributed by atoms with E-state index in [9.17, 15) is 0 Å². The molecule has 1 fully saturated rings. The summed E-state index contributed by atoms with van der Waals surface area (Å²) in [7, 11) is 0. The van der Waals surface area contributed by atoms with Crippen LogP contribution in [0.2, 0.25) is 0 Å². The van der Waals surface area contributed by atoms with Gasteiger partial charge in [0, 0.05) is 12.6 Å². The molecule has 0 aromatic carbocycles. The Balaban J connectivity index is 1.95. The summed E-state index contributed by atoms with van der Waals surface area (Å²) in [6.45, 7) is 6.44. The maximum Gasteiger partial charge on any atom is 0.169 e. The second-order valence-corrected chi connectivity index (χ2v) is 4.70. The highest BCUT2D eigenvalue weighted by Crippen LogP contribution is 2.18. The van der Waals surface area contributed by atoms with E-state index in [0.29, 0.717) is 6.04 Å². The molecule has 1 N–H and O–H groups in total. The number of nitrogens with one attached hydrogen (secondary N) is 1. The molecule has 0 spiro atoms. The van der Waals surface area contributed by atoms with Gasteiger partial charge in [-0.3, -0.25) is 4.90 Å². The Morgan fingerprint density at radius 1 is 1.60 bits per heavy atom. The molecule has 15 heavy (non-hydrogen) atoms. The summed E-state index contributed by atoms with van der Waals surface area (Å²) < 4.78 is 6.35. The highest BCUT2D eigenvalue weighted by Gasteiger charge is 2.21. The normalized spacial score (nSPS) is 21.4. The van der Waals surface area contributed by atoms with Gasteiger partial charge in [-0.05, 0) is 47.6 Å². The molecular weight excluding hydrogens is 256 g/mol. The molecular formula is C11H17BrN2O. The van der Waals surface area contributed by atoms with E-state index in [2.05, 4.69) is 33.1 Å². The van der Waals surface area contributed by atoms with Crippen LogP contribution in [0, 0.1) is 0 Å². The Morgan fingerprint density at radius 2 is 2.47 bits per heavy atom. The Labute approximate surface area is 99.0 Å². The van der Waals surface area contributed by atoms with Crippen LogP contribution < -0.4 is 5.32 Å². The predicted molar refractivity (Wildman–Crippen MR) is 63.8 cm³/mol. The van der Waals surface area contributed by atoms with Crippen LogP contribution in [-0.2, 0) is 6.54 Å². The van der Waals surface area contributed by atoms with Crippen LogP contribution in [0.4, 0.5) is 0 Å². The molecule has 0 saturated carbocycles. The summed E-state index contributed by atoms with van der Waals surface area (Å²) in [6, 6.07) is 4.66. The summed E-state index contributed by atoms with van der Waals surface area (Å²) in [5, 5.41) is 3.40. The van der Waals surface area contributed by atoms with E-state index in [0.717, 1.165) is 36.6 Å². The third-order valence-electron chi connectivity index (χ3n) is 2.94. The van der Waals surface area contributed by atoms with E-state index in [1.54, 1.807) is 0 Å². The number of likely N-dealkylation sites (N-methyl/N-ethyl adjacent to an activating group) is 1. The molecule has 0 bridgehead atoms. The summed E-state index contributed by atoms with van der Waals surface area (Å²) in [4.78, 5) is 2.46. The van der Waals surface area contributed by atoms with Gasteiger partial charge in [-0.2, -0.15) is 0 Å². The minimum atomic E-state index is 0.666. The number of nitrogens with zero attached hydrogens (tertiary/aromatic N) is 1. The van der Waals surface area contributed by atoms with Crippen LogP contribution in [0.1, 0.15) is 19.1 Å². The molecule has 2 heterocycles. The maximum atomic E-state index is 5.53. The smallest absolute Gasteiger partial charge is 0.169 e. The molecule has 1 aromatic heterocycles. The van der Waals surface area contributed by atoms with Crippen molar-refractivity contribution in [3.05, 3.63) is 22.6 Å². The third-order valence-corrected chi connectivity index (χ3v) is 3.37. The molecule has 1 atom stereocenters. The number of rotatable bonds is 4. The van der Waals surface area contributed by atoms with E-state index < -0.39 is 0 Å². The van der Waals surface area contributed by atoms with Crippen molar-refractivity contribution in [1.29, 1.82) is 0 Å². The standard InChI is InChI=1S/C11H17BrN2O/c1-2-14(9-5-6-13-7-9)8-10-3-4-11(12)15-10/h3-4,9,13H,2,5-8H2,1H3. The van der Waals surface area contributed by atoms with Gasteiger partial charge in [0.1, 0.15) is 5.76 Å². The molecule has 1 aromatic rings. The first-order valence-electron chi connectivity index (χ1n) is 5.48. The highest BCUT2D eigenvalue weighted by atomic mass is 79.9. The van der Waals surface area contributed by atoms with E-state index in [1.165, 1.54) is 6.42 Å². The van der Waals surface area contributed by atoms with E-state index in [-0.39, 0.29) is 0 Å². The van der Waals surface area contributed by atoms with Gasteiger partial charge in [0.15, 0.2) is 4.67 Å². The van der Waals surface area contributed by atoms with Crippen molar-refractivity contribution in [2.75, 3.05) is 19.6 Å². The molecule has 0 amide bonds. The Hall–Kier alpha value is -0.320. The van der Waals surface area contributed by atoms with Gasteiger partial charge in [0.2, 0.25) is 0 Å². The first-order valence-corrected chi connectivity index (χ1v) is 6.28. The monoisotopic (exact) mass is 272 g/mol. The van der Waals surface area contributed by atoms with Crippen LogP contribution in [0.15, 0.2) is 21.2 Å². The van der Waals surface area contributed by atoms with Crippen LogP contribution in [0.3, 0.4) is 0 Å². The van der Waals surface area contributed by atoms with Crippen molar-refractivity contribution in [2.24, 2.45) is 0 Å². The van der Waals surface area contributed by atoms with E-state index in [4.69, 9.17) is 4.42 Å². The summed E-state index contributed by atoms with van der Waals surface area (Å²) in [6.07, 6.45) is 1.25. The number of hydrogen-bond acceptors (Lipinski definition) is 3. The Bertz CT molecular complexity index is 307. The molecule has 1 aliphatic heterocycles. The molecule has 0 aliphatic carbocycles. The first kappa shape index (κ1) is 11.2. The van der Waals surface area contributed by atoms with Gasteiger partial charge >= 0.3 is 0 Å². The lowest BCUT2D eigenvalue weighted by molar-refractivity contribution is 0.193. The Kier molecular flexibility index (Phi) is 3.83. The SMILES string of the molecule is CCN(Cc1ccc(Br)o1)C1CCNC1. The van der Waals surface area contributed by atoms with Crippen LogP contribution in [-0.4, -0.2) is 30.6 Å².